The van der Waals surface area contributed by atoms with Crippen LogP contribution < -0.4 is 5.32 Å². The average Bonchev–Trinajstić information content (AvgIpc) is 2.43. The number of benzene rings is 1. The molecule has 108 valence electrons. The Morgan fingerprint density at radius 1 is 1.40 bits per heavy atom. The third-order valence-electron chi connectivity index (χ3n) is 3.11. The Balaban J connectivity index is 2.68. The molecule has 0 saturated carbocycles. The van der Waals surface area contributed by atoms with Crippen LogP contribution in [0.3, 0.4) is 0 Å². The summed E-state index contributed by atoms with van der Waals surface area (Å²) in [4.78, 5) is 23.1. The van der Waals surface area contributed by atoms with Crippen molar-refractivity contribution in [3.63, 3.8) is 0 Å². The lowest BCUT2D eigenvalue weighted by molar-refractivity contribution is -0.144. The van der Waals surface area contributed by atoms with Crippen LogP contribution in [0.5, 0.6) is 0 Å². The van der Waals surface area contributed by atoms with Crippen LogP contribution in [0, 0.1) is 5.92 Å². The summed E-state index contributed by atoms with van der Waals surface area (Å²) in [6.45, 7) is 6.95. The lowest BCUT2D eigenvalue weighted by Gasteiger charge is -2.30. The second-order valence-electron chi connectivity index (χ2n) is 4.72. The molecule has 1 aromatic carbocycles. The van der Waals surface area contributed by atoms with E-state index in [1.54, 1.807) is 13.8 Å². The maximum atomic E-state index is 11.8. The van der Waals surface area contributed by atoms with Crippen LogP contribution in [0.2, 0.25) is 0 Å². The van der Waals surface area contributed by atoms with Crippen LogP contribution in [-0.2, 0) is 16.1 Å². The van der Waals surface area contributed by atoms with Crippen LogP contribution in [0.4, 0.5) is 4.79 Å². The summed E-state index contributed by atoms with van der Waals surface area (Å²) in [6.07, 6.45) is 0.425. The molecule has 0 aliphatic rings. The van der Waals surface area contributed by atoms with Gasteiger partial charge in [-0.05, 0) is 11.5 Å². The maximum absolute atomic E-state index is 11.8. The third kappa shape index (κ3) is 3.60. The topological polar surface area (TPSA) is 75.6 Å². The largest absolute Gasteiger partial charge is 0.479 e. The summed E-state index contributed by atoms with van der Waals surface area (Å²) in [5.41, 5.74) is -0.708. The van der Waals surface area contributed by atoms with Crippen molar-refractivity contribution in [2.24, 2.45) is 5.92 Å². The van der Waals surface area contributed by atoms with E-state index in [0.717, 1.165) is 5.56 Å². The summed E-state index contributed by atoms with van der Waals surface area (Å²) in [6, 6.07) is 9.14. The van der Waals surface area contributed by atoms with Crippen molar-refractivity contribution in [1.29, 1.82) is 0 Å². The molecule has 0 bridgehead atoms. The highest BCUT2D eigenvalue weighted by Crippen LogP contribution is 2.19. The van der Waals surface area contributed by atoms with E-state index in [0.29, 0.717) is 0 Å². The second kappa shape index (κ2) is 6.75. The molecule has 1 atom stereocenters. The van der Waals surface area contributed by atoms with E-state index in [1.165, 1.54) is 6.08 Å². The predicted molar refractivity (Wildman–Crippen MR) is 75.2 cm³/mol. The van der Waals surface area contributed by atoms with E-state index in [9.17, 15) is 14.7 Å². The van der Waals surface area contributed by atoms with E-state index >= 15 is 0 Å². The van der Waals surface area contributed by atoms with E-state index in [2.05, 4.69) is 11.9 Å². The van der Waals surface area contributed by atoms with Crippen LogP contribution in [0.25, 0.3) is 0 Å². The highest BCUT2D eigenvalue weighted by atomic mass is 16.5. The number of rotatable bonds is 6. The zero-order valence-electron chi connectivity index (χ0n) is 11.6. The van der Waals surface area contributed by atoms with E-state index in [4.69, 9.17) is 4.74 Å². The number of carboxylic acid groups (broad SMARTS) is 1. The van der Waals surface area contributed by atoms with Crippen molar-refractivity contribution in [3.8, 4) is 0 Å². The van der Waals surface area contributed by atoms with Gasteiger partial charge in [0.2, 0.25) is 0 Å². The Bertz CT molecular complexity index is 484. The van der Waals surface area contributed by atoms with Gasteiger partial charge in [-0.2, -0.15) is 0 Å². The average molecular weight is 277 g/mol. The Hall–Kier alpha value is -2.30. The fourth-order valence-corrected chi connectivity index (χ4v) is 1.75. The minimum Gasteiger partial charge on any atom is -0.479 e. The van der Waals surface area contributed by atoms with Crippen molar-refractivity contribution in [3.05, 3.63) is 48.6 Å². The lowest BCUT2D eigenvalue weighted by Crippen LogP contribution is -2.56. The summed E-state index contributed by atoms with van der Waals surface area (Å²) >= 11 is 0. The standard InChI is InChI=1S/C15H19NO4/c1-4-15(11(2)3,13(17)18)16-14(19)20-10-12-8-6-5-7-9-12/h4-9,11H,1,10H2,2-3H3,(H,16,19)(H,17,18). The SMILES string of the molecule is C=CC(NC(=O)OCc1ccccc1)(C(=O)O)C(C)C. The van der Waals surface area contributed by atoms with Crippen molar-refractivity contribution in [2.75, 3.05) is 0 Å². The molecule has 20 heavy (non-hydrogen) atoms. The van der Waals surface area contributed by atoms with Gasteiger partial charge in [0.05, 0.1) is 0 Å². The van der Waals surface area contributed by atoms with Gasteiger partial charge in [-0.25, -0.2) is 9.59 Å². The predicted octanol–water partition coefficient (Wildman–Crippen LogP) is 2.58. The van der Waals surface area contributed by atoms with Gasteiger partial charge in [-0.15, -0.1) is 6.58 Å². The fraction of sp³-hybridized carbons (Fsp3) is 0.333. The highest BCUT2D eigenvalue weighted by molar-refractivity contribution is 5.86. The number of hydrogen-bond acceptors (Lipinski definition) is 3. The van der Waals surface area contributed by atoms with Crippen molar-refractivity contribution in [2.45, 2.75) is 26.0 Å². The van der Waals surface area contributed by atoms with Gasteiger partial charge in [0.1, 0.15) is 6.61 Å². The smallest absolute Gasteiger partial charge is 0.408 e. The normalized spacial score (nSPS) is 13.3. The van der Waals surface area contributed by atoms with E-state index < -0.39 is 17.6 Å². The third-order valence-corrected chi connectivity index (χ3v) is 3.11. The van der Waals surface area contributed by atoms with Crippen LogP contribution >= 0.6 is 0 Å². The Morgan fingerprint density at radius 2 is 2.00 bits per heavy atom. The number of carbonyl (C=O) groups excluding carboxylic acids is 1. The molecule has 0 saturated heterocycles. The van der Waals surface area contributed by atoms with E-state index in [-0.39, 0.29) is 12.5 Å². The first kappa shape index (κ1) is 15.8. The minimum absolute atomic E-state index is 0.0810. The first-order valence-electron chi connectivity index (χ1n) is 6.28. The second-order valence-corrected chi connectivity index (χ2v) is 4.72. The number of ether oxygens (including phenoxy) is 1. The fourth-order valence-electron chi connectivity index (χ4n) is 1.75. The zero-order chi connectivity index (χ0) is 15.2. The molecular formula is C15H19NO4. The minimum atomic E-state index is -1.53. The number of nitrogens with one attached hydrogen (secondary N) is 1. The molecular weight excluding hydrogens is 258 g/mol. The number of amides is 1. The Kier molecular flexibility index (Phi) is 5.32. The number of aliphatic carboxylic acids is 1. The van der Waals surface area contributed by atoms with Gasteiger partial charge in [0.15, 0.2) is 5.54 Å². The number of alkyl carbamates (subject to hydrolysis) is 1. The van der Waals surface area contributed by atoms with Crippen molar-refractivity contribution in [1.82, 2.24) is 5.32 Å². The molecule has 0 aliphatic carbocycles. The molecule has 5 nitrogen and oxygen atoms in total. The van der Waals surface area contributed by atoms with Gasteiger partial charge in [-0.1, -0.05) is 50.3 Å². The van der Waals surface area contributed by atoms with Gasteiger partial charge in [0, 0.05) is 0 Å². The molecule has 1 rings (SSSR count). The van der Waals surface area contributed by atoms with Crippen LogP contribution in [0.15, 0.2) is 43.0 Å². The van der Waals surface area contributed by atoms with Crippen LogP contribution in [0.1, 0.15) is 19.4 Å². The van der Waals surface area contributed by atoms with Crippen LogP contribution in [-0.4, -0.2) is 22.7 Å². The maximum Gasteiger partial charge on any atom is 0.408 e. The first-order valence-corrected chi connectivity index (χ1v) is 6.28. The highest BCUT2D eigenvalue weighted by Gasteiger charge is 2.40. The summed E-state index contributed by atoms with van der Waals surface area (Å²) < 4.78 is 5.02. The van der Waals surface area contributed by atoms with E-state index in [1.807, 2.05) is 30.3 Å². The van der Waals surface area contributed by atoms with Gasteiger partial charge in [-0.3, -0.25) is 0 Å². The summed E-state index contributed by atoms with van der Waals surface area (Å²) in [5.74, 6) is -1.53. The molecule has 0 spiro atoms. The van der Waals surface area contributed by atoms with Gasteiger partial charge in [0.25, 0.3) is 0 Å². The summed E-state index contributed by atoms with van der Waals surface area (Å²) in [5, 5.41) is 11.7. The molecule has 1 unspecified atom stereocenters. The molecule has 2 N–H and O–H groups in total. The summed E-state index contributed by atoms with van der Waals surface area (Å²) in [7, 11) is 0. The Morgan fingerprint density at radius 3 is 2.45 bits per heavy atom. The Labute approximate surface area is 118 Å². The first-order chi connectivity index (χ1) is 9.42. The van der Waals surface area contributed by atoms with Gasteiger partial charge >= 0.3 is 12.1 Å². The molecule has 0 aliphatic heterocycles. The van der Waals surface area contributed by atoms with Crippen molar-refractivity contribution >= 4 is 12.1 Å². The zero-order valence-corrected chi connectivity index (χ0v) is 11.6. The van der Waals surface area contributed by atoms with Crippen molar-refractivity contribution < 1.29 is 19.4 Å². The molecule has 0 aromatic heterocycles. The number of hydrogen-bond donors (Lipinski definition) is 2. The van der Waals surface area contributed by atoms with Gasteiger partial charge < -0.3 is 15.2 Å². The number of carboxylic acids is 1. The molecule has 1 amide bonds. The molecule has 0 fully saturated rings. The number of carbonyl (C=O) groups is 2. The lowest BCUT2D eigenvalue weighted by atomic mass is 9.86. The molecule has 0 radical (unpaired) electrons. The molecule has 5 heteroatoms. The molecule has 1 aromatic rings. The quantitative estimate of drug-likeness (QED) is 0.784. The molecule has 0 heterocycles. The monoisotopic (exact) mass is 277 g/mol.